The van der Waals surface area contributed by atoms with E-state index in [9.17, 15) is 19.2 Å². The second kappa shape index (κ2) is 7.67. The molecule has 0 bridgehead atoms. The number of ketones is 1. The number of Topliss-reactive ketones (excluding diaryl/α,β-unsaturated/α-hetero) is 1. The van der Waals surface area contributed by atoms with Crippen LogP contribution in [-0.4, -0.2) is 30.4 Å². The van der Waals surface area contributed by atoms with Crippen molar-refractivity contribution in [2.24, 2.45) is 14.1 Å². The normalized spacial score (nSPS) is 12.2. The van der Waals surface area contributed by atoms with Gasteiger partial charge in [-0.2, -0.15) is 4.98 Å². The molecule has 0 spiro atoms. The van der Waals surface area contributed by atoms with Crippen LogP contribution in [0.4, 0.5) is 0 Å². The molecule has 2 heterocycles. The van der Waals surface area contributed by atoms with Crippen molar-refractivity contribution in [2.45, 2.75) is 26.4 Å². The van der Waals surface area contributed by atoms with Crippen molar-refractivity contribution in [2.75, 3.05) is 0 Å². The van der Waals surface area contributed by atoms with Gasteiger partial charge in [0, 0.05) is 26.6 Å². The van der Waals surface area contributed by atoms with Gasteiger partial charge in [-0.25, -0.2) is 4.79 Å². The minimum atomic E-state index is -0.574. The van der Waals surface area contributed by atoms with E-state index in [-0.39, 0.29) is 40.7 Å². The second-order valence-corrected chi connectivity index (χ2v) is 7.15. The third-order valence-corrected chi connectivity index (χ3v) is 5.04. The monoisotopic (exact) mass is 417 g/mol. The molecule has 3 aromatic rings. The Hall–Kier alpha value is -3.20. The molecule has 0 aliphatic carbocycles. The highest BCUT2D eigenvalue weighted by molar-refractivity contribution is 6.29. The molecule has 1 atom stereocenters. The molecule has 152 valence electrons. The summed E-state index contributed by atoms with van der Waals surface area (Å²) in [5.41, 5.74) is 0.378. The highest BCUT2D eigenvalue weighted by atomic mass is 35.5. The van der Waals surface area contributed by atoms with Crippen LogP contribution in [0, 0.1) is 0 Å². The third kappa shape index (κ3) is 3.73. The lowest BCUT2D eigenvalue weighted by Crippen LogP contribution is -2.37. The quantitative estimate of drug-likeness (QED) is 0.495. The van der Waals surface area contributed by atoms with Crippen LogP contribution in [0.25, 0.3) is 11.2 Å². The molecule has 29 heavy (non-hydrogen) atoms. The SMILES string of the molecule is CC(=O)N[C@@H](C)c1ccc(C(=O)Cn2c(Cl)nc3c2c(=O)n(C)c(=O)n3C)cc1. The van der Waals surface area contributed by atoms with E-state index in [2.05, 4.69) is 10.3 Å². The number of aromatic nitrogens is 4. The summed E-state index contributed by atoms with van der Waals surface area (Å²) in [7, 11) is 2.83. The van der Waals surface area contributed by atoms with E-state index in [1.165, 1.54) is 30.2 Å². The highest BCUT2D eigenvalue weighted by Gasteiger charge is 2.20. The van der Waals surface area contributed by atoms with Crippen molar-refractivity contribution < 1.29 is 9.59 Å². The van der Waals surface area contributed by atoms with Crippen LogP contribution in [0.3, 0.4) is 0 Å². The molecule has 1 amide bonds. The standard InChI is InChI=1S/C19H20ClN5O4/c1-10(21-11(2)26)12-5-7-13(8-6-12)14(27)9-25-15-16(22-18(25)20)23(3)19(29)24(4)17(15)28/h5-8,10H,9H2,1-4H3,(H,21,26)/t10-/m0/s1. The first kappa shape index (κ1) is 20.5. The van der Waals surface area contributed by atoms with Gasteiger partial charge >= 0.3 is 5.69 Å². The fourth-order valence-electron chi connectivity index (χ4n) is 3.15. The maximum atomic E-state index is 12.8. The van der Waals surface area contributed by atoms with Crippen molar-refractivity contribution >= 4 is 34.5 Å². The first-order valence-corrected chi connectivity index (χ1v) is 9.21. The zero-order valence-electron chi connectivity index (χ0n) is 16.4. The van der Waals surface area contributed by atoms with E-state index in [4.69, 9.17) is 11.6 Å². The van der Waals surface area contributed by atoms with Crippen molar-refractivity contribution in [3.05, 3.63) is 61.5 Å². The van der Waals surface area contributed by atoms with Gasteiger partial charge in [-0.05, 0) is 24.1 Å². The van der Waals surface area contributed by atoms with Crippen molar-refractivity contribution in [1.82, 2.24) is 24.0 Å². The number of rotatable bonds is 5. The largest absolute Gasteiger partial charge is 0.350 e. The van der Waals surface area contributed by atoms with Crippen molar-refractivity contribution in [3.8, 4) is 0 Å². The first-order chi connectivity index (χ1) is 13.6. The molecule has 3 rings (SSSR count). The molecule has 2 aromatic heterocycles. The lowest BCUT2D eigenvalue weighted by Gasteiger charge is -2.13. The average molecular weight is 418 g/mol. The van der Waals surface area contributed by atoms with Crippen LogP contribution in [0.5, 0.6) is 0 Å². The minimum absolute atomic E-state index is 0.0532. The summed E-state index contributed by atoms with van der Waals surface area (Å²) >= 11 is 6.16. The maximum absolute atomic E-state index is 12.8. The van der Waals surface area contributed by atoms with E-state index in [1.54, 1.807) is 24.3 Å². The van der Waals surface area contributed by atoms with Crippen LogP contribution in [0.1, 0.15) is 35.8 Å². The number of benzene rings is 1. The Morgan fingerprint density at radius 1 is 1.14 bits per heavy atom. The predicted octanol–water partition coefficient (Wildman–Crippen LogP) is 1.17. The van der Waals surface area contributed by atoms with E-state index < -0.39 is 11.2 Å². The summed E-state index contributed by atoms with van der Waals surface area (Å²) in [4.78, 5) is 52.6. The molecule has 1 aromatic carbocycles. The fourth-order valence-corrected chi connectivity index (χ4v) is 3.37. The molecule has 0 aliphatic heterocycles. The Labute approximate surface area is 170 Å². The molecule has 0 saturated carbocycles. The lowest BCUT2D eigenvalue weighted by molar-refractivity contribution is -0.119. The van der Waals surface area contributed by atoms with Crippen LogP contribution < -0.4 is 16.6 Å². The van der Waals surface area contributed by atoms with Gasteiger partial charge in [-0.15, -0.1) is 0 Å². The number of hydrogen-bond acceptors (Lipinski definition) is 5. The van der Waals surface area contributed by atoms with Crippen LogP contribution >= 0.6 is 11.6 Å². The molecule has 0 fully saturated rings. The summed E-state index contributed by atoms with van der Waals surface area (Å²) in [6.07, 6.45) is 0. The molecule has 0 aliphatic rings. The highest BCUT2D eigenvalue weighted by Crippen LogP contribution is 2.18. The number of aryl methyl sites for hydroxylation is 1. The number of carbonyl (C=O) groups is 2. The van der Waals surface area contributed by atoms with Gasteiger partial charge in [-0.1, -0.05) is 24.3 Å². The number of halogens is 1. The predicted molar refractivity (Wildman–Crippen MR) is 108 cm³/mol. The van der Waals surface area contributed by atoms with Crippen molar-refractivity contribution in [1.29, 1.82) is 0 Å². The van der Waals surface area contributed by atoms with Crippen LogP contribution in [0.15, 0.2) is 33.9 Å². The summed E-state index contributed by atoms with van der Waals surface area (Å²) < 4.78 is 3.45. The number of imidazole rings is 1. The van der Waals surface area contributed by atoms with Gasteiger partial charge < -0.3 is 9.88 Å². The number of hydrogen-bond donors (Lipinski definition) is 1. The van der Waals surface area contributed by atoms with Gasteiger partial charge in [0.05, 0.1) is 12.6 Å². The number of nitrogens with one attached hydrogen (secondary N) is 1. The average Bonchev–Trinajstić information content (AvgIpc) is 3.00. The summed E-state index contributed by atoms with van der Waals surface area (Å²) in [6, 6.07) is 6.62. The molecule has 0 unspecified atom stereocenters. The number of amides is 1. The Bertz CT molecular complexity index is 1240. The number of carbonyl (C=O) groups excluding carboxylic acids is 2. The van der Waals surface area contributed by atoms with Gasteiger partial charge in [0.25, 0.3) is 5.56 Å². The van der Waals surface area contributed by atoms with E-state index in [1.807, 2.05) is 6.92 Å². The van der Waals surface area contributed by atoms with Crippen LogP contribution in [0.2, 0.25) is 5.28 Å². The van der Waals surface area contributed by atoms with Gasteiger partial charge in [0.1, 0.15) is 0 Å². The number of fused-ring (bicyclic) bond motifs is 1. The third-order valence-electron chi connectivity index (χ3n) is 4.76. The zero-order chi connectivity index (χ0) is 21.5. The summed E-state index contributed by atoms with van der Waals surface area (Å²) in [5.74, 6) is -0.420. The van der Waals surface area contributed by atoms with E-state index in [0.717, 1.165) is 10.1 Å². The molecule has 10 heteroatoms. The Balaban J connectivity index is 1.95. The van der Waals surface area contributed by atoms with Crippen LogP contribution in [-0.2, 0) is 25.4 Å². The van der Waals surface area contributed by atoms with Crippen molar-refractivity contribution in [3.63, 3.8) is 0 Å². The molecule has 1 N–H and O–H groups in total. The summed E-state index contributed by atoms with van der Waals surface area (Å²) in [5, 5.41) is 2.72. The Kier molecular flexibility index (Phi) is 5.43. The molecule has 9 nitrogen and oxygen atoms in total. The minimum Gasteiger partial charge on any atom is -0.350 e. The Morgan fingerprint density at radius 3 is 2.34 bits per heavy atom. The molecular weight excluding hydrogens is 398 g/mol. The summed E-state index contributed by atoms with van der Waals surface area (Å²) in [6.45, 7) is 3.08. The fraction of sp³-hybridized carbons (Fsp3) is 0.316. The van der Waals surface area contributed by atoms with E-state index in [0.29, 0.717) is 5.56 Å². The Morgan fingerprint density at radius 2 is 1.76 bits per heavy atom. The smallest absolute Gasteiger partial charge is 0.332 e. The molecule has 0 radical (unpaired) electrons. The number of nitrogens with zero attached hydrogens (tertiary/aromatic N) is 4. The lowest BCUT2D eigenvalue weighted by atomic mass is 10.0. The first-order valence-electron chi connectivity index (χ1n) is 8.83. The zero-order valence-corrected chi connectivity index (χ0v) is 17.1. The molecule has 0 saturated heterocycles. The van der Waals surface area contributed by atoms with Gasteiger partial charge in [-0.3, -0.25) is 23.5 Å². The molecular formula is C19H20ClN5O4. The van der Waals surface area contributed by atoms with Gasteiger partial charge in [0.15, 0.2) is 16.9 Å². The van der Waals surface area contributed by atoms with E-state index >= 15 is 0 Å². The second-order valence-electron chi connectivity index (χ2n) is 6.81. The maximum Gasteiger partial charge on any atom is 0.332 e. The van der Waals surface area contributed by atoms with Gasteiger partial charge in [0.2, 0.25) is 11.2 Å². The topological polar surface area (TPSA) is 108 Å².